The fourth-order valence-electron chi connectivity index (χ4n) is 3.10. The zero-order valence-corrected chi connectivity index (χ0v) is 14.5. The highest BCUT2D eigenvalue weighted by Gasteiger charge is 2.31. The smallest absolute Gasteiger partial charge is 0.360 e. The van der Waals surface area contributed by atoms with Crippen LogP contribution >= 0.6 is 0 Å². The molecule has 0 bridgehead atoms. The summed E-state index contributed by atoms with van der Waals surface area (Å²) >= 11 is 0. The summed E-state index contributed by atoms with van der Waals surface area (Å²) in [6.07, 6.45) is -4.36. The fraction of sp³-hybridized carbons (Fsp3) is 0.316. The van der Waals surface area contributed by atoms with Crippen molar-refractivity contribution >= 4 is 17.3 Å². The van der Waals surface area contributed by atoms with E-state index in [2.05, 4.69) is 5.32 Å². The van der Waals surface area contributed by atoms with E-state index in [9.17, 15) is 22.4 Å². The Kier molecular flexibility index (Phi) is 5.65. The summed E-state index contributed by atoms with van der Waals surface area (Å²) in [5.74, 6) is -0.548. The summed E-state index contributed by atoms with van der Waals surface area (Å²) in [7, 11) is 0. The van der Waals surface area contributed by atoms with E-state index < -0.39 is 11.7 Å². The molecule has 2 aromatic rings. The van der Waals surface area contributed by atoms with Gasteiger partial charge in [0.15, 0.2) is 6.54 Å². The summed E-state index contributed by atoms with van der Waals surface area (Å²) in [5.41, 5.74) is 0.413. The minimum Gasteiger partial charge on any atom is -0.360 e. The third-order valence-electron chi connectivity index (χ3n) is 4.55. The quantitative estimate of drug-likeness (QED) is 0.796. The second-order valence-electron chi connectivity index (χ2n) is 6.52. The Hall–Kier alpha value is -2.61. The third-order valence-corrected chi connectivity index (χ3v) is 4.55. The molecule has 1 aliphatic rings. The summed E-state index contributed by atoms with van der Waals surface area (Å²) in [4.78, 5) is 15.1. The molecule has 27 heavy (non-hydrogen) atoms. The summed E-state index contributed by atoms with van der Waals surface area (Å²) in [6.45, 7) is 2.69. The van der Waals surface area contributed by atoms with Crippen molar-refractivity contribution in [1.82, 2.24) is 0 Å². The molecule has 2 aromatic carbocycles. The number of anilines is 2. The molecule has 0 radical (unpaired) electrons. The van der Waals surface area contributed by atoms with Crippen molar-refractivity contribution in [2.45, 2.75) is 6.18 Å². The standard InChI is InChI=1S/C19H19F4N3O/c20-15-4-6-16(7-5-15)24-18(27)13-25-8-10-26(11-9-25)17-3-1-2-14(12-17)19(21,22)23/h1-7,12H,8-11,13H2,(H,24,27)/p+1. The largest absolute Gasteiger partial charge is 0.416 e. The molecule has 0 saturated carbocycles. The number of rotatable bonds is 4. The zero-order chi connectivity index (χ0) is 19.4. The first-order valence-electron chi connectivity index (χ1n) is 8.62. The van der Waals surface area contributed by atoms with Crippen LogP contribution in [0, 0.1) is 5.82 Å². The minimum absolute atomic E-state index is 0.177. The molecule has 1 amide bonds. The van der Waals surface area contributed by atoms with E-state index in [1.807, 2.05) is 4.90 Å². The van der Waals surface area contributed by atoms with Gasteiger partial charge < -0.3 is 15.1 Å². The highest BCUT2D eigenvalue weighted by Crippen LogP contribution is 2.31. The normalized spacial score (nSPS) is 15.6. The average Bonchev–Trinajstić information content (AvgIpc) is 2.64. The number of nitrogens with one attached hydrogen (secondary N) is 2. The van der Waals surface area contributed by atoms with Gasteiger partial charge in [-0.15, -0.1) is 0 Å². The van der Waals surface area contributed by atoms with Gasteiger partial charge in [0.2, 0.25) is 0 Å². The first kappa shape index (κ1) is 19.2. The number of carbonyl (C=O) groups excluding carboxylic acids is 1. The maximum Gasteiger partial charge on any atom is 0.416 e. The average molecular weight is 382 g/mol. The van der Waals surface area contributed by atoms with E-state index in [0.29, 0.717) is 37.6 Å². The predicted octanol–water partition coefficient (Wildman–Crippen LogP) is 2.19. The van der Waals surface area contributed by atoms with E-state index >= 15 is 0 Å². The summed E-state index contributed by atoms with van der Waals surface area (Å²) in [6, 6.07) is 10.8. The van der Waals surface area contributed by atoms with Gasteiger partial charge in [0.05, 0.1) is 31.7 Å². The van der Waals surface area contributed by atoms with Crippen LogP contribution in [0.15, 0.2) is 48.5 Å². The van der Waals surface area contributed by atoms with Gasteiger partial charge in [0.25, 0.3) is 5.91 Å². The van der Waals surface area contributed by atoms with Crippen LogP contribution in [0.1, 0.15) is 5.56 Å². The number of hydrogen-bond acceptors (Lipinski definition) is 2. The van der Waals surface area contributed by atoms with Crippen molar-refractivity contribution in [3.05, 3.63) is 59.9 Å². The lowest BCUT2D eigenvalue weighted by atomic mass is 10.1. The van der Waals surface area contributed by atoms with Crippen LogP contribution in [0.4, 0.5) is 28.9 Å². The first-order chi connectivity index (χ1) is 12.8. The topological polar surface area (TPSA) is 36.8 Å². The molecule has 1 saturated heterocycles. The number of alkyl halides is 3. The molecule has 0 spiro atoms. The van der Waals surface area contributed by atoms with Gasteiger partial charge in [0.1, 0.15) is 5.82 Å². The van der Waals surface area contributed by atoms with E-state index in [0.717, 1.165) is 17.0 Å². The van der Waals surface area contributed by atoms with E-state index in [1.165, 1.54) is 30.3 Å². The maximum atomic E-state index is 12.9. The van der Waals surface area contributed by atoms with Gasteiger partial charge in [-0.25, -0.2) is 4.39 Å². The number of amides is 1. The van der Waals surface area contributed by atoms with Gasteiger partial charge >= 0.3 is 6.18 Å². The van der Waals surface area contributed by atoms with Gasteiger partial charge in [0, 0.05) is 11.4 Å². The molecule has 144 valence electrons. The number of benzene rings is 2. The molecule has 0 aromatic heterocycles. The molecule has 2 N–H and O–H groups in total. The molecule has 1 fully saturated rings. The number of nitrogens with zero attached hydrogens (tertiary/aromatic N) is 1. The predicted molar refractivity (Wildman–Crippen MR) is 94.3 cm³/mol. The first-order valence-corrected chi connectivity index (χ1v) is 8.62. The van der Waals surface area contributed by atoms with Crippen molar-refractivity contribution in [2.75, 3.05) is 42.9 Å². The highest BCUT2D eigenvalue weighted by atomic mass is 19.4. The lowest BCUT2D eigenvalue weighted by molar-refractivity contribution is -0.892. The number of halogens is 4. The van der Waals surface area contributed by atoms with Crippen LogP contribution in [0.5, 0.6) is 0 Å². The van der Waals surface area contributed by atoms with Crippen molar-refractivity contribution in [3.63, 3.8) is 0 Å². The van der Waals surface area contributed by atoms with E-state index in [1.54, 1.807) is 6.07 Å². The zero-order valence-electron chi connectivity index (χ0n) is 14.5. The van der Waals surface area contributed by atoms with Gasteiger partial charge in [-0.1, -0.05) is 6.07 Å². The van der Waals surface area contributed by atoms with Gasteiger partial charge in [-0.2, -0.15) is 13.2 Å². The molecule has 4 nitrogen and oxygen atoms in total. The van der Waals surface area contributed by atoms with Crippen LogP contribution in [-0.4, -0.2) is 38.6 Å². The Balaban J connectivity index is 1.51. The van der Waals surface area contributed by atoms with E-state index in [4.69, 9.17) is 0 Å². The lowest BCUT2D eigenvalue weighted by Crippen LogP contribution is -3.15. The molecule has 1 aliphatic heterocycles. The third kappa shape index (κ3) is 5.19. The van der Waals surface area contributed by atoms with Crippen LogP contribution < -0.4 is 15.1 Å². The van der Waals surface area contributed by atoms with Gasteiger partial charge in [-0.3, -0.25) is 4.79 Å². The minimum atomic E-state index is -4.36. The molecule has 1 heterocycles. The Morgan fingerprint density at radius 3 is 2.37 bits per heavy atom. The molecular formula is C19H20F4N3O+. The van der Waals surface area contributed by atoms with Crippen LogP contribution in [0.25, 0.3) is 0 Å². The maximum absolute atomic E-state index is 12.9. The van der Waals surface area contributed by atoms with Crippen molar-refractivity contribution in [1.29, 1.82) is 0 Å². The second-order valence-corrected chi connectivity index (χ2v) is 6.52. The SMILES string of the molecule is O=C(C[NH+]1CCN(c2cccc(C(F)(F)F)c2)CC1)Nc1ccc(F)cc1. The second kappa shape index (κ2) is 7.96. The molecular weight excluding hydrogens is 362 g/mol. The number of carbonyl (C=O) groups is 1. The molecule has 8 heteroatoms. The summed E-state index contributed by atoms with van der Waals surface area (Å²) < 4.78 is 51.4. The molecule has 0 atom stereocenters. The Labute approximate surface area is 154 Å². The van der Waals surface area contributed by atoms with Crippen molar-refractivity contribution in [2.24, 2.45) is 0 Å². The van der Waals surface area contributed by atoms with Gasteiger partial charge in [-0.05, 0) is 42.5 Å². The molecule has 0 unspecified atom stereocenters. The molecule has 3 rings (SSSR count). The fourth-order valence-corrected chi connectivity index (χ4v) is 3.10. The van der Waals surface area contributed by atoms with Crippen LogP contribution in [0.2, 0.25) is 0 Å². The Bertz CT molecular complexity index is 784. The summed E-state index contributed by atoms with van der Waals surface area (Å²) in [5, 5.41) is 2.72. The van der Waals surface area contributed by atoms with Crippen LogP contribution in [0.3, 0.4) is 0 Å². The van der Waals surface area contributed by atoms with Crippen LogP contribution in [-0.2, 0) is 11.0 Å². The molecule has 0 aliphatic carbocycles. The number of quaternary nitrogens is 1. The number of piperazine rings is 1. The van der Waals surface area contributed by atoms with Crippen molar-refractivity contribution < 1.29 is 27.3 Å². The van der Waals surface area contributed by atoms with E-state index in [-0.39, 0.29) is 18.3 Å². The van der Waals surface area contributed by atoms with Crippen molar-refractivity contribution in [3.8, 4) is 0 Å². The highest BCUT2D eigenvalue weighted by molar-refractivity contribution is 5.91. The lowest BCUT2D eigenvalue weighted by Gasteiger charge is -2.33. The monoisotopic (exact) mass is 382 g/mol. The Morgan fingerprint density at radius 1 is 1.07 bits per heavy atom. The number of hydrogen-bond donors (Lipinski definition) is 2. The Morgan fingerprint density at radius 2 is 1.74 bits per heavy atom.